The molecule has 2 aromatic heterocycles. The van der Waals surface area contributed by atoms with Gasteiger partial charge in [-0.3, -0.25) is 9.55 Å². The largest absolute Gasteiger partial charge is 0.507 e. The average Bonchev–Trinajstić information content (AvgIpc) is 3.80. The Kier molecular flexibility index (Phi) is 10.3. The standard InChI is InChI=1S/C63H61N3O/c1-60(2,3)43-29-30-54(47(36-43)40-23-16-13-17-24-40)66-55-28-20-26-45(57(55)65-59(66)49-37-44(61(4,5)6)38-52(58(49)67)62(7,8)9)48-33-42(53-35-41(31-32-64-53)39-21-14-12-15-22-39)34-51-56(48)46-25-18-19-27-50(46)63(51,10)11/h12-38,67H,1-11H3. The maximum absolute atomic E-state index is 12.7. The van der Waals surface area contributed by atoms with Gasteiger partial charge >= 0.3 is 0 Å². The van der Waals surface area contributed by atoms with E-state index in [9.17, 15) is 5.11 Å². The maximum Gasteiger partial charge on any atom is 0.149 e. The Morgan fingerprint density at radius 3 is 1.81 bits per heavy atom. The van der Waals surface area contributed by atoms with Gasteiger partial charge in [0.05, 0.1) is 28.0 Å². The third-order valence-corrected chi connectivity index (χ3v) is 14.0. The number of phenolic OH excluding ortho intramolecular Hbond substituents is 1. The Morgan fingerprint density at radius 1 is 0.478 bits per heavy atom. The van der Waals surface area contributed by atoms with Gasteiger partial charge in [0.15, 0.2) is 0 Å². The molecule has 67 heavy (non-hydrogen) atoms. The van der Waals surface area contributed by atoms with Gasteiger partial charge in [0, 0.05) is 33.9 Å². The predicted octanol–water partition coefficient (Wildman–Crippen LogP) is 16.7. The van der Waals surface area contributed by atoms with Crippen molar-refractivity contribution < 1.29 is 5.11 Å². The summed E-state index contributed by atoms with van der Waals surface area (Å²) in [5, 5.41) is 12.7. The summed E-state index contributed by atoms with van der Waals surface area (Å²) in [6, 6.07) is 57.0. The van der Waals surface area contributed by atoms with Crippen LogP contribution in [0.2, 0.25) is 0 Å². The van der Waals surface area contributed by atoms with Gasteiger partial charge in [0.25, 0.3) is 0 Å². The number of imidazole rings is 1. The van der Waals surface area contributed by atoms with Crippen LogP contribution in [0.1, 0.15) is 104 Å². The van der Waals surface area contributed by atoms with Crippen molar-refractivity contribution in [2.75, 3.05) is 0 Å². The Bertz CT molecular complexity index is 3370. The molecule has 1 N–H and O–H groups in total. The highest BCUT2D eigenvalue weighted by Gasteiger charge is 2.38. The Labute approximate surface area is 397 Å². The number of phenols is 1. The molecular weight excluding hydrogens is 815 g/mol. The predicted molar refractivity (Wildman–Crippen MR) is 281 cm³/mol. The van der Waals surface area contributed by atoms with Crippen LogP contribution in [-0.2, 0) is 21.7 Å². The number of aromatic nitrogens is 3. The van der Waals surface area contributed by atoms with Crippen molar-refractivity contribution in [2.45, 2.75) is 97.8 Å². The minimum Gasteiger partial charge on any atom is -0.507 e. The molecule has 0 amide bonds. The molecule has 0 aliphatic heterocycles. The fourth-order valence-corrected chi connectivity index (χ4v) is 10.2. The molecule has 0 bridgehead atoms. The van der Waals surface area contributed by atoms with Crippen molar-refractivity contribution in [3.63, 3.8) is 0 Å². The van der Waals surface area contributed by atoms with E-state index in [1.54, 1.807) is 0 Å². The number of hydrogen-bond acceptors (Lipinski definition) is 3. The van der Waals surface area contributed by atoms with E-state index >= 15 is 0 Å². The number of hydrogen-bond donors (Lipinski definition) is 1. The molecule has 334 valence electrons. The first-order chi connectivity index (χ1) is 31.8. The first kappa shape index (κ1) is 43.8. The van der Waals surface area contributed by atoms with Gasteiger partial charge in [-0.1, -0.05) is 185 Å². The van der Waals surface area contributed by atoms with Crippen molar-refractivity contribution in [3.05, 3.63) is 192 Å². The summed E-state index contributed by atoms with van der Waals surface area (Å²) in [4.78, 5) is 10.8. The van der Waals surface area contributed by atoms with Crippen LogP contribution in [0, 0.1) is 0 Å². The molecule has 1 aliphatic rings. The summed E-state index contributed by atoms with van der Waals surface area (Å²) in [5.74, 6) is 0.956. The number of para-hydroxylation sites is 1. The van der Waals surface area contributed by atoms with E-state index in [0.717, 1.165) is 72.5 Å². The van der Waals surface area contributed by atoms with Crippen LogP contribution in [0.25, 0.3) is 83.9 Å². The first-order valence-electron chi connectivity index (χ1n) is 23.7. The van der Waals surface area contributed by atoms with Crippen LogP contribution in [0.3, 0.4) is 0 Å². The molecule has 0 radical (unpaired) electrons. The zero-order valence-electron chi connectivity index (χ0n) is 40.9. The normalized spacial score (nSPS) is 13.5. The van der Waals surface area contributed by atoms with E-state index in [4.69, 9.17) is 9.97 Å². The van der Waals surface area contributed by atoms with E-state index in [0.29, 0.717) is 11.4 Å². The SMILES string of the molecule is CC(C)(C)c1ccc(-n2c(-c3cc(C(C)(C)C)cc(C(C)(C)C)c3O)nc3c(-c4cc(-c5cc(-c6ccccc6)ccn5)cc5c4-c4ccccc4C5(C)C)cccc32)c(-c2ccccc2)c1. The van der Waals surface area contributed by atoms with Crippen LogP contribution < -0.4 is 0 Å². The number of fused-ring (bicyclic) bond motifs is 4. The van der Waals surface area contributed by atoms with Gasteiger partial charge in [-0.05, 0) is 120 Å². The highest BCUT2D eigenvalue weighted by atomic mass is 16.3. The minimum atomic E-state index is -0.335. The van der Waals surface area contributed by atoms with Crippen LogP contribution in [0.4, 0.5) is 0 Å². The van der Waals surface area contributed by atoms with Gasteiger partial charge in [-0.15, -0.1) is 0 Å². The Hall–Kier alpha value is -7.04. The minimum absolute atomic E-state index is 0.0824. The fourth-order valence-electron chi connectivity index (χ4n) is 10.2. The molecule has 10 rings (SSSR count). The molecule has 0 atom stereocenters. The second-order valence-corrected chi connectivity index (χ2v) is 22.1. The van der Waals surface area contributed by atoms with Gasteiger partial charge in [-0.25, -0.2) is 4.98 Å². The number of nitrogens with zero attached hydrogens (tertiary/aromatic N) is 3. The zero-order chi connectivity index (χ0) is 47.2. The summed E-state index contributed by atoms with van der Waals surface area (Å²) in [5.41, 5.74) is 19.6. The lowest BCUT2D eigenvalue weighted by Crippen LogP contribution is -2.17. The zero-order valence-corrected chi connectivity index (χ0v) is 40.9. The van der Waals surface area contributed by atoms with Crippen LogP contribution in [-0.4, -0.2) is 19.6 Å². The second kappa shape index (κ2) is 15.8. The molecule has 2 heterocycles. The molecule has 1 aliphatic carbocycles. The second-order valence-electron chi connectivity index (χ2n) is 22.1. The van der Waals surface area contributed by atoms with Crippen molar-refractivity contribution in [3.8, 4) is 78.6 Å². The van der Waals surface area contributed by atoms with E-state index in [2.05, 4.69) is 238 Å². The Morgan fingerprint density at radius 2 is 1.12 bits per heavy atom. The van der Waals surface area contributed by atoms with E-state index in [-0.39, 0.29) is 27.4 Å². The molecule has 0 spiro atoms. The molecule has 4 heteroatoms. The molecule has 7 aromatic carbocycles. The van der Waals surface area contributed by atoms with Crippen molar-refractivity contribution in [2.24, 2.45) is 0 Å². The monoisotopic (exact) mass is 875 g/mol. The van der Waals surface area contributed by atoms with E-state index in [1.807, 2.05) is 6.20 Å². The Balaban J connectivity index is 1.33. The summed E-state index contributed by atoms with van der Waals surface area (Å²) in [6.07, 6.45) is 1.93. The molecule has 0 saturated carbocycles. The van der Waals surface area contributed by atoms with Crippen molar-refractivity contribution >= 4 is 11.0 Å². The third kappa shape index (κ3) is 7.57. The molecule has 0 fully saturated rings. The summed E-state index contributed by atoms with van der Waals surface area (Å²) in [6.45, 7) is 24.7. The summed E-state index contributed by atoms with van der Waals surface area (Å²) < 4.78 is 2.31. The quantitative estimate of drug-likeness (QED) is 0.181. The molecule has 0 unspecified atom stereocenters. The number of rotatable bonds is 6. The topological polar surface area (TPSA) is 50.9 Å². The lowest BCUT2D eigenvalue weighted by atomic mass is 9.79. The summed E-state index contributed by atoms with van der Waals surface area (Å²) >= 11 is 0. The van der Waals surface area contributed by atoms with Gasteiger partial charge in [0.1, 0.15) is 11.6 Å². The highest BCUT2D eigenvalue weighted by Crippen LogP contribution is 2.55. The average molecular weight is 876 g/mol. The highest BCUT2D eigenvalue weighted by molar-refractivity contribution is 6.04. The lowest BCUT2D eigenvalue weighted by Gasteiger charge is -2.28. The number of aromatic hydroxyl groups is 1. The van der Waals surface area contributed by atoms with Crippen molar-refractivity contribution in [1.82, 2.24) is 14.5 Å². The maximum atomic E-state index is 12.7. The molecule has 4 nitrogen and oxygen atoms in total. The van der Waals surface area contributed by atoms with Crippen LogP contribution in [0.5, 0.6) is 5.75 Å². The van der Waals surface area contributed by atoms with E-state index in [1.165, 1.54) is 27.8 Å². The fraction of sp³-hybridized carbons (Fsp3) is 0.238. The molecule has 0 saturated heterocycles. The molecule has 9 aromatic rings. The van der Waals surface area contributed by atoms with E-state index < -0.39 is 0 Å². The van der Waals surface area contributed by atoms with Crippen LogP contribution >= 0.6 is 0 Å². The number of pyridine rings is 1. The number of benzene rings is 7. The van der Waals surface area contributed by atoms with Crippen molar-refractivity contribution in [1.29, 1.82) is 0 Å². The lowest BCUT2D eigenvalue weighted by molar-refractivity contribution is 0.446. The first-order valence-corrected chi connectivity index (χ1v) is 23.7. The summed E-state index contributed by atoms with van der Waals surface area (Å²) in [7, 11) is 0. The smallest absolute Gasteiger partial charge is 0.149 e. The third-order valence-electron chi connectivity index (χ3n) is 14.0. The molecular formula is C63H61N3O. The van der Waals surface area contributed by atoms with Gasteiger partial charge < -0.3 is 5.11 Å². The van der Waals surface area contributed by atoms with Crippen LogP contribution in [0.15, 0.2) is 164 Å². The van der Waals surface area contributed by atoms with Gasteiger partial charge in [-0.2, -0.15) is 0 Å². The van der Waals surface area contributed by atoms with Gasteiger partial charge in [0.2, 0.25) is 0 Å².